The number of carbonyl (C=O) groups excluding carboxylic acids is 2. The smallest absolute Gasteiger partial charge is 0.343 e. The van der Waals surface area contributed by atoms with Crippen molar-refractivity contribution in [1.29, 1.82) is 0 Å². The van der Waals surface area contributed by atoms with Gasteiger partial charge in [0.2, 0.25) is 0 Å². The number of hydrogen-bond donors (Lipinski definition) is 1. The molecule has 0 aliphatic rings. The predicted molar refractivity (Wildman–Crippen MR) is 140 cm³/mol. The maximum Gasteiger partial charge on any atom is 0.343 e. The van der Waals surface area contributed by atoms with Crippen LogP contribution >= 0.6 is 0 Å². The third-order valence-electron chi connectivity index (χ3n) is 5.51. The van der Waals surface area contributed by atoms with E-state index in [2.05, 4.69) is 10.5 Å². The van der Waals surface area contributed by atoms with Crippen LogP contribution in [0.4, 0.5) is 0 Å². The summed E-state index contributed by atoms with van der Waals surface area (Å²) < 4.78 is 5.39. The molecular weight excluding hydrogens is 450 g/mol. The molecule has 0 saturated heterocycles. The number of nitrogens with one attached hydrogen (secondary N) is 1. The Morgan fingerprint density at radius 2 is 1.44 bits per heavy atom. The molecule has 0 bridgehead atoms. The third kappa shape index (κ3) is 5.18. The van der Waals surface area contributed by atoms with Crippen molar-refractivity contribution in [2.24, 2.45) is 5.10 Å². The third-order valence-corrected chi connectivity index (χ3v) is 5.51. The zero-order chi connectivity index (χ0) is 24.7. The molecule has 0 aliphatic heterocycles. The van der Waals surface area contributed by atoms with E-state index >= 15 is 0 Å². The number of esters is 1. The van der Waals surface area contributed by atoms with Crippen molar-refractivity contribution < 1.29 is 14.3 Å². The molecule has 0 radical (unpaired) electrons. The fourth-order valence-electron chi connectivity index (χ4n) is 3.71. The molecule has 1 amide bonds. The summed E-state index contributed by atoms with van der Waals surface area (Å²) in [4.78, 5) is 29.9. The Kier molecular flexibility index (Phi) is 6.58. The number of nitrogens with zero attached hydrogens (tertiary/aromatic N) is 2. The van der Waals surface area contributed by atoms with Crippen LogP contribution in [0.2, 0.25) is 0 Å². The predicted octanol–water partition coefficient (Wildman–Crippen LogP) is 5.88. The van der Waals surface area contributed by atoms with Crippen LogP contribution in [0.5, 0.6) is 5.75 Å². The van der Waals surface area contributed by atoms with E-state index < -0.39 is 5.97 Å². The van der Waals surface area contributed by atoms with E-state index in [1.807, 2.05) is 60.7 Å². The Morgan fingerprint density at radius 3 is 2.19 bits per heavy atom. The van der Waals surface area contributed by atoms with Gasteiger partial charge in [0.05, 0.1) is 28.6 Å². The Balaban J connectivity index is 1.29. The van der Waals surface area contributed by atoms with Gasteiger partial charge >= 0.3 is 5.97 Å². The summed E-state index contributed by atoms with van der Waals surface area (Å²) in [6, 6.07) is 34.6. The van der Waals surface area contributed by atoms with E-state index in [1.54, 1.807) is 54.6 Å². The van der Waals surface area contributed by atoms with Crippen molar-refractivity contribution in [2.45, 2.75) is 0 Å². The van der Waals surface area contributed by atoms with E-state index in [4.69, 9.17) is 9.72 Å². The fourth-order valence-corrected chi connectivity index (χ4v) is 3.71. The molecule has 5 rings (SSSR count). The average molecular weight is 472 g/mol. The van der Waals surface area contributed by atoms with Gasteiger partial charge in [-0.15, -0.1) is 0 Å². The summed E-state index contributed by atoms with van der Waals surface area (Å²) in [5.74, 6) is -0.346. The van der Waals surface area contributed by atoms with Crippen molar-refractivity contribution in [1.82, 2.24) is 10.4 Å². The molecule has 0 fully saturated rings. The van der Waals surface area contributed by atoms with Crippen LogP contribution in [0.1, 0.15) is 26.3 Å². The van der Waals surface area contributed by atoms with Gasteiger partial charge in [0.1, 0.15) is 5.75 Å². The molecule has 174 valence electrons. The van der Waals surface area contributed by atoms with Gasteiger partial charge in [0.25, 0.3) is 5.91 Å². The van der Waals surface area contributed by atoms with Gasteiger partial charge in [-0.1, -0.05) is 66.7 Å². The number of aromatic nitrogens is 1. The molecule has 1 aromatic heterocycles. The quantitative estimate of drug-likeness (QED) is 0.145. The SMILES string of the molecule is O=C(Oc1ccc(C=NNC(=O)c2cc(-c3ccccc3)nc3ccccc23)cc1)c1ccccc1. The molecule has 5 aromatic rings. The van der Waals surface area contributed by atoms with Crippen molar-refractivity contribution in [3.8, 4) is 17.0 Å². The number of fused-ring (bicyclic) bond motifs is 1. The van der Waals surface area contributed by atoms with Crippen LogP contribution in [-0.2, 0) is 0 Å². The highest BCUT2D eigenvalue weighted by atomic mass is 16.5. The molecule has 0 atom stereocenters. The van der Waals surface area contributed by atoms with Gasteiger partial charge in [0.15, 0.2) is 0 Å². The summed E-state index contributed by atoms with van der Waals surface area (Å²) in [5, 5.41) is 4.86. The lowest BCUT2D eigenvalue weighted by atomic mass is 10.0. The number of ether oxygens (including phenoxy) is 1. The molecule has 0 unspecified atom stereocenters. The lowest BCUT2D eigenvalue weighted by molar-refractivity contribution is 0.0734. The molecule has 0 saturated carbocycles. The fraction of sp³-hybridized carbons (Fsp3) is 0. The Morgan fingerprint density at radius 1 is 0.778 bits per heavy atom. The highest BCUT2D eigenvalue weighted by molar-refractivity contribution is 6.07. The zero-order valence-electron chi connectivity index (χ0n) is 19.2. The van der Waals surface area contributed by atoms with Crippen molar-refractivity contribution in [2.75, 3.05) is 0 Å². The molecule has 1 N–H and O–H groups in total. The van der Waals surface area contributed by atoms with Crippen LogP contribution in [0, 0.1) is 0 Å². The summed E-state index contributed by atoms with van der Waals surface area (Å²) in [5.41, 5.74) is 6.67. The number of carbonyl (C=O) groups is 2. The van der Waals surface area contributed by atoms with Gasteiger partial charge in [-0.25, -0.2) is 15.2 Å². The van der Waals surface area contributed by atoms with Crippen molar-refractivity contribution >= 4 is 29.0 Å². The van der Waals surface area contributed by atoms with Gasteiger partial charge in [-0.3, -0.25) is 4.79 Å². The Labute approximate surface area is 207 Å². The van der Waals surface area contributed by atoms with Crippen molar-refractivity contribution in [3.63, 3.8) is 0 Å². The van der Waals surface area contributed by atoms with E-state index in [-0.39, 0.29) is 5.91 Å². The molecule has 1 heterocycles. The van der Waals surface area contributed by atoms with E-state index in [0.29, 0.717) is 22.6 Å². The lowest BCUT2D eigenvalue weighted by Crippen LogP contribution is -2.18. The van der Waals surface area contributed by atoms with Crippen LogP contribution in [0.25, 0.3) is 22.2 Å². The molecular formula is C30H21N3O3. The van der Waals surface area contributed by atoms with Gasteiger partial charge in [0, 0.05) is 10.9 Å². The number of pyridine rings is 1. The highest BCUT2D eigenvalue weighted by Gasteiger charge is 2.13. The topological polar surface area (TPSA) is 80.6 Å². The summed E-state index contributed by atoms with van der Waals surface area (Å²) in [6.45, 7) is 0. The average Bonchev–Trinajstić information content (AvgIpc) is 2.94. The van der Waals surface area contributed by atoms with Crippen LogP contribution in [0.15, 0.2) is 120 Å². The van der Waals surface area contributed by atoms with Crippen LogP contribution in [0.3, 0.4) is 0 Å². The molecule has 0 aliphatic carbocycles. The van der Waals surface area contributed by atoms with Gasteiger partial charge in [-0.05, 0) is 54.1 Å². The lowest BCUT2D eigenvalue weighted by Gasteiger charge is -2.09. The first kappa shape index (κ1) is 22.7. The Bertz CT molecular complexity index is 1550. The summed E-state index contributed by atoms with van der Waals surface area (Å²) in [6.07, 6.45) is 1.53. The highest BCUT2D eigenvalue weighted by Crippen LogP contribution is 2.24. The van der Waals surface area contributed by atoms with Crippen LogP contribution < -0.4 is 10.2 Å². The number of amides is 1. The van der Waals surface area contributed by atoms with Gasteiger partial charge in [-0.2, -0.15) is 5.10 Å². The molecule has 6 nitrogen and oxygen atoms in total. The maximum atomic E-state index is 13.0. The number of hydrazone groups is 1. The first-order valence-corrected chi connectivity index (χ1v) is 11.3. The van der Waals surface area contributed by atoms with Gasteiger partial charge < -0.3 is 4.74 Å². The molecule has 6 heteroatoms. The number of rotatable bonds is 6. The van der Waals surface area contributed by atoms with E-state index in [0.717, 1.165) is 22.0 Å². The zero-order valence-corrected chi connectivity index (χ0v) is 19.2. The number of benzene rings is 4. The minimum absolute atomic E-state index is 0.338. The molecule has 0 spiro atoms. The first-order valence-electron chi connectivity index (χ1n) is 11.3. The second kappa shape index (κ2) is 10.4. The second-order valence-corrected chi connectivity index (χ2v) is 7.96. The summed E-state index contributed by atoms with van der Waals surface area (Å²) >= 11 is 0. The minimum Gasteiger partial charge on any atom is -0.423 e. The second-order valence-electron chi connectivity index (χ2n) is 7.96. The molecule has 4 aromatic carbocycles. The maximum absolute atomic E-state index is 13.0. The van der Waals surface area contributed by atoms with Crippen molar-refractivity contribution in [3.05, 3.63) is 132 Å². The monoisotopic (exact) mass is 471 g/mol. The first-order chi connectivity index (χ1) is 17.7. The van der Waals surface area contributed by atoms with Crippen LogP contribution in [-0.4, -0.2) is 23.1 Å². The molecule has 36 heavy (non-hydrogen) atoms. The minimum atomic E-state index is -0.427. The number of para-hydroxylation sites is 1. The largest absolute Gasteiger partial charge is 0.423 e. The van der Waals surface area contributed by atoms with E-state index in [9.17, 15) is 9.59 Å². The standard InChI is InChI=1S/C30H21N3O3/c34-29(26-19-28(22-9-3-1-4-10-22)32-27-14-8-7-13-25(26)27)33-31-20-21-15-17-24(18-16-21)36-30(35)23-11-5-2-6-12-23/h1-20H,(H,33,34). The Hall–Kier alpha value is -5.10. The normalized spacial score (nSPS) is 10.9. The summed E-state index contributed by atoms with van der Waals surface area (Å²) in [7, 11) is 0. The van der Waals surface area contributed by atoms with E-state index in [1.165, 1.54) is 6.21 Å². The number of hydrogen-bond acceptors (Lipinski definition) is 5.